The highest BCUT2D eigenvalue weighted by Crippen LogP contribution is 2.16. The zero-order chi connectivity index (χ0) is 22.9. The molecule has 7 nitrogen and oxygen atoms in total. The smallest absolute Gasteiger partial charge is 0.343 e. The van der Waals surface area contributed by atoms with E-state index in [1.807, 2.05) is 30.3 Å². The molecule has 0 aliphatic heterocycles. The van der Waals surface area contributed by atoms with E-state index in [0.717, 1.165) is 10.0 Å². The number of pyridine rings is 2. The normalized spacial score (nSPS) is 11.4. The van der Waals surface area contributed by atoms with Crippen molar-refractivity contribution in [1.82, 2.24) is 15.4 Å². The average molecular weight is 500 g/mol. The van der Waals surface area contributed by atoms with Crippen LogP contribution in [-0.2, 0) is 0 Å². The Morgan fingerprint density at radius 2 is 1.61 bits per heavy atom. The SMILES string of the molecule is O=C(Oc1ccc(C=NNC(=Nc2ccccn2)c2ccccn2)cc1)c1ccc(Br)cc1. The minimum absolute atomic E-state index is 0.420. The number of hydrazone groups is 1. The number of aromatic nitrogens is 2. The summed E-state index contributed by atoms with van der Waals surface area (Å²) >= 11 is 3.34. The van der Waals surface area contributed by atoms with Gasteiger partial charge in [-0.15, -0.1) is 0 Å². The first-order chi connectivity index (χ1) is 16.2. The van der Waals surface area contributed by atoms with Gasteiger partial charge < -0.3 is 4.74 Å². The van der Waals surface area contributed by atoms with Crippen molar-refractivity contribution in [3.8, 4) is 5.75 Å². The van der Waals surface area contributed by atoms with Crippen molar-refractivity contribution < 1.29 is 9.53 Å². The Balaban J connectivity index is 1.42. The number of rotatable bonds is 6. The van der Waals surface area contributed by atoms with E-state index in [-0.39, 0.29) is 0 Å². The Labute approximate surface area is 199 Å². The van der Waals surface area contributed by atoms with Gasteiger partial charge in [0.15, 0.2) is 11.7 Å². The maximum absolute atomic E-state index is 12.2. The molecule has 2 aromatic carbocycles. The quantitative estimate of drug-likeness (QED) is 0.130. The minimum atomic E-state index is -0.420. The van der Waals surface area contributed by atoms with E-state index < -0.39 is 5.97 Å². The van der Waals surface area contributed by atoms with E-state index >= 15 is 0 Å². The Kier molecular flexibility index (Phi) is 7.29. The number of hydrogen-bond acceptors (Lipinski definition) is 6. The highest BCUT2D eigenvalue weighted by atomic mass is 79.9. The summed E-state index contributed by atoms with van der Waals surface area (Å²) in [6.07, 6.45) is 4.99. The Morgan fingerprint density at radius 1 is 0.879 bits per heavy atom. The van der Waals surface area contributed by atoms with Crippen LogP contribution in [0.3, 0.4) is 0 Å². The van der Waals surface area contributed by atoms with Gasteiger partial charge in [-0.3, -0.25) is 10.4 Å². The van der Waals surface area contributed by atoms with Crippen molar-refractivity contribution >= 4 is 39.8 Å². The molecule has 0 saturated carbocycles. The van der Waals surface area contributed by atoms with Crippen molar-refractivity contribution in [2.24, 2.45) is 10.1 Å². The Bertz CT molecular complexity index is 1260. The molecule has 2 heterocycles. The molecule has 0 bridgehead atoms. The number of benzene rings is 2. The Hall–Kier alpha value is -4.17. The molecule has 4 rings (SSSR count). The molecule has 0 fully saturated rings. The topological polar surface area (TPSA) is 88.8 Å². The van der Waals surface area contributed by atoms with Crippen LogP contribution in [0.4, 0.5) is 5.82 Å². The van der Waals surface area contributed by atoms with Crippen LogP contribution in [0.25, 0.3) is 0 Å². The maximum atomic E-state index is 12.2. The van der Waals surface area contributed by atoms with Gasteiger partial charge in [-0.05, 0) is 78.4 Å². The number of amidine groups is 1. The highest BCUT2D eigenvalue weighted by Gasteiger charge is 2.08. The summed E-state index contributed by atoms with van der Waals surface area (Å²) in [5.74, 6) is 1.03. The fourth-order valence-corrected chi connectivity index (χ4v) is 2.98. The molecule has 1 N–H and O–H groups in total. The van der Waals surface area contributed by atoms with Crippen LogP contribution in [-0.4, -0.2) is 28.0 Å². The van der Waals surface area contributed by atoms with Gasteiger partial charge in [0, 0.05) is 16.9 Å². The van der Waals surface area contributed by atoms with Crippen molar-refractivity contribution in [2.75, 3.05) is 0 Å². The summed E-state index contributed by atoms with van der Waals surface area (Å²) in [7, 11) is 0. The molecule has 0 spiro atoms. The molecule has 0 aliphatic carbocycles. The first kappa shape index (κ1) is 22.0. The summed E-state index contributed by atoms with van der Waals surface area (Å²) in [5.41, 5.74) is 4.85. The van der Waals surface area contributed by atoms with E-state index in [0.29, 0.717) is 28.7 Å². The zero-order valence-corrected chi connectivity index (χ0v) is 18.9. The number of hydrogen-bond donors (Lipinski definition) is 1. The molecule has 0 unspecified atom stereocenters. The minimum Gasteiger partial charge on any atom is -0.423 e. The molecular formula is C25H18BrN5O2. The van der Waals surface area contributed by atoms with Gasteiger partial charge in [0.25, 0.3) is 0 Å². The second kappa shape index (κ2) is 10.9. The third kappa shape index (κ3) is 6.41. The second-order valence-electron chi connectivity index (χ2n) is 6.70. The fraction of sp³-hybridized carbons (Fsp3) is 0. The van der Waals surface area contributed by atoms with Crippen molar-refractivity contribution in [2.45, 2.75) is 0 Å². The van der Waals surface area contributed by atoms with Crippen molar-refractivity contribution in [1.29, 1.82) is 0 Å². The third-order valence-electron chi connectivity index (χ3n) is 4.34. The summed E-state index contributed by atoms with van der Waals surface area (Å²) in [6, 6.07) is 25.0. The molecule has 33 heavy (non-hydrogen) atoms. The molecule has 0 saturated heterocycles. The van der Waals surface area contributed by atoms with Gasteiger partial charge in [0.1, 0.15) is 11.4 Å². The second-order valence-corrected chi connectivity index (χ2v) is 7.61. The largest absolute Gasteiger partial charge is 0.423 e. The van der Waals surface area contributed by atoms with Gasteiger partial charge in [0.05, 0.1) is 11.8 Å². The van der Waals surface area contributed by atoms with Gasteiger partial charge >= 0.3 is 5.97 Å². The Morgan fingerprint density at radius 3 is 2.27 bits per heavy atom. The lowest BCUT2D eigenvalue weighted by Crippen LogP contribution is -2.20. The molecule has 0 amide bonds. The average Bonchev–Trinajstić information content (AvgIpc) is 2.86. The van der Waals surface area contributed by atoms with Crippen LogP contribution in [0.5, 0.6) is 5.75 Å². The summed E-state index contributed by atoms with van der Waals surface area (Å²) < 4.78 is 6.31. The predicted octanol–water partition coefficient (Wildman–Crippen LogP) is 5.16. The number of esters is 1. The van der Waals surface area contributed by atoms with Crippen molar-refractivity contribution in [3.05, 3.63) is 119 Å². The zero-order valence-electron chi connectivity index (χ0n) is 17.3. The van der Waals surface area contributed by atoms with Gasteiger partial charge in [0.2, 0.25) is 0 Å². The van der Waals surface area contributed by atoms with Gasteiger partial charge in [-0.2, -0.15) is 5.10 Å². The first-order valence-corrected chi connectivity index (χ1v) is 10.7. The van der Waals surface area contributed by atoms with E-state index in [4.69, 9.17) is 4.74 Å². The number of nitrogens with zero attached hydrogens (tertiary/aromatic N) is 4. The molecule has 2 aromatic heterocycles. The maximum Gasteiger partial charge on any atom is 0.343 e. The molecular weight excluding hydrogens is 482 g/mol. The summed E-state index contributed by atoms with van der Waals surface area (Å²) in [6.45, 7) is 0. The highest BCUT2D eigenvalue weighted by molar-refractivity contribution is 9.10. The third-order valence-corrected chi connectivity index (χ3v) is 4.87. The lowest BCUT2D eigenvalue weighted by Gasteiger charge is -2.06. The molecule has 162 valence electrons. The number of carbonyl (C=O) groups excluding carboxylic acids is 1. The molecule has 4 aromatic rings. The van der Waals surface area contributed by atoms with E-state index in [2.05, 4.69) is 41.4 Å². The van der Waals surface area contributed by atoms with E-state index in [1.165, 1.54) is 0 Å². The molecule has 0 aliphatic rings. The lowest BCUT2D eigenvalue weighted by atomic mass is 10.2. The lowest BCUT2D eigenvalue weighted by molar-refractivity contribution is 0.0734. The molecule has 0 radical (unpaired) electrons. The van der Waals surface area contributed by atoms with Crippen LogP contribution in [0.2, 0.25) is 0 Å². The van der Waals surface area contributed by atoms with E-state index in [1.54, 1.807) is 73.2 Å². The van der Waals surface area contributed by atoms with Crippen LogP contribution in [0, 0.1) is 0 Å². The van der Waals surface area contributed by atoms with Crippen LogP contribution in [0.15, 0.2) is 112 Å². The first-order valence-electron chi connectivity index (χ1n) is 9.95. The summed E-state index contributed by atoms with van der Waals surface area (Å²) in [5, 5.41) is 4.28. The van der Waals surface area contributed by atoms with Gasteiger partial charge in [-0.1, -0.05) is 28.1 Å². The van der Waals surface area contributed by atoms with Gasteiger partial charge in [-0.25, -0.2) is 14.8 Å². The summed E-state index contributed by atoms with van der Waals surface area (Å²) in [4.78, 5) is 25.3. The molecule has 8 heteroatoms. The standard InChI is InChI=1S/C25H18BrN5O2/c26-20-11-9-19(10-12-20)25(32)33-21-13-7-18(8-14-21)17-29-31-24(22-5-1-3-15-27-22)30-23-6-2-4-16-28-23/h1-17H,(H,28,30,31). The number of halogens is 1. The van der Waals surface area contributed by atoms with Crippen LogP contribution in [0.1, 0.15) is 21.6 Å². The number of ether oxygens (including phenoxy) is 1. The predicted molar refractivity (Wildman–Crippen MR) is 131 cm³/mol. The van der Waals surface area contributed by atoms with Crippen LogP contribution < -0.4 is 10.2 Å². The monoisotopic (exact) mass is 499 g/mol. The van der Waals surface area contributed by atoms with Crippen molar-refractivity contribution in [3.63, 3.8) is 0 Å². The number of nitrogens with one attached hydrogen (secondary N) is 1. The van der Waals surface area contributed by atoms with Crippen LogP contribution >= 0.6 is 15.9 Å². The number of aliphatic imine (C=N–C) groups is 1. The van der Waals surface area contributed by atoms with E-state index in [9.17, 15) is 4.79 Å². The molecule has 0 atom stereocenters. The number of carbonyl (C=O) groups is 1. The fourth-order valence-electron chi connectivity index (χ4n) is 2.72.